The largest absolute Gasteiger partial charge is 0.326 e. The van der Waals surface area contributed by atoms with Crippen molar-refractivity contribution in [2.75, 3.05) is 25.0 Å². The molecule has 0 saturated carbocycles. The monoisotopic (exact) mass is 323 g/mol. The lowest BCUT2D eigenvalue weighted by Crippen LogP contribution is -2.52. The molecule has 2 aliphatic heterocycles. The molecule has 1 saturated heterocycles. The lowest BCUT2D eigenvalue weighted by Gasteiger charge is -2.33. The highest BCUT2D eigenvalue weighted by atomic mass is 32.2. The van der Waals surface area contributed by atoms with E-state index in [-0.39, 0.29) is 11.9 Å². The third kappa shape index (κ3) is 2.88. The summed E-state index contributed by atoms with van der Waals surface area (Å²) in [6.07, 6.45) is 1.94. The molecular formula is C15H21N3O3S. The van der Waals surface area contributed by atoms with Crippen LogP contribution in [-0.4, -0.2) is 44.3 Å². The average Bonchev–Trinajstić information content (AvgIpc) is 2.67. The summed E-state index contributed by atoms with van der Waals surface area (Å²) in [6, 6.07) is 4.95. The number of carbonyl (C=O) groups is 1. The fraction of sp³-hybridized carbons (Fsp3) is 0.533. The summed E-state index contributed by atoms with van der Waals surface area (Å²) in [5, 5.41) is 6.03. The number of rotatable bonds is 2. The van der Waals surface area contributed by atoms with Crippen LogP contribution in [0.3, 0.4) is 0 Å². The van der Waals surface area contributed by atoms with Gasteiger partial charge >= 0.3 is 0 Å². The quantitative estimate of drug-likeness (QED) is 0.849. The van der Waals surface area contributed by atoms with E-state index >= 15 is 0 Å². The summed E-state index contributed by atoms with van der Waals surface area (Å²) < 4.78 is 27.2. The maximum absolute atomic E-state index is 12.8. The second-order valence-corrected chi connectivity index (χ2v) is 7.78. The van der Waals surface area contributed by atoms with Crippen LogP contribution in [0.2, 0.25) is 0 Å². The van der Waals surface area contributed by atoms with E-state index in [2.05, 4.69) is 10.6 Å². The number of sulfonamides is 1. The molecule has 1 atom stereocenters. The van der Waals surface area contributed by atoms with Crippen molar-refractivity contribution in [1.29, 1.82) is 0 Å². The highest BCUT2D eigenvalue weighted by Gasteiger charge is 2.31. The van der Waals surface area contributed by atoms with Crippen LogP contribution in [0.5, 0.6) is 0 Å². The molecule has 2 N–H and O–H groups in total. The summed E-state index contributed by atoms with van der Waals surface area (Å²) >= 11 is 0. The SMILES string of the molecule is CC1CNCCN1S(=O)(=O)c1ccc2c(c1)CCCC(=O)N2. The summed E-state index contributed by atoms with van der Waals surface area (Å²) in [5.41, 5.74) is 1.63. The summed E-state index contributed by atoms with van der Waals surface area (Å²) in [4.78, 5) is 11.9. The molecular weight excluding hydrogens is 302 g/mol. The number of fused-ring (bicyclic) bond motifs is 1. The number of piperazine rings is 1. The van der Waals surface area contributed by atoms with Gasteiger partial charge in [-0.25, -0.2) is 8.42 Å². The molecule has 0 radical (unpaired) electrons. The zero-order valence-corrected chi connectivity index (χ0v) is 13.4. The number of hydrogen-bond donors (Lipinski definition) is 2. The van der Waals surface area contributed by atoms with Gasteiger partial charge in [-0.1, -0.05) is 0 Å². The molecule has 120 valence electrons. The van der Waals surface area contributed by atoms with Gasteiger partial charge in [-0.05, 0) is 43.5 Å². The first-order chi connectivity index (χ1) is 10.5. The normalized spacial score (nSPS) is 23.5. The Bertz CT molecular complexity index is 687. The molecule has 0 spiro atoms. The van der Waals surface area contributed by atoms with E-state index in [9.17, 15) is 13.2 Å². The van der Waals surface area contributed by atoms with Crippen molar-refractivity contribution in [3.8, 4) is 0 Å². The van der Waals surface area contributed by atoms with Gasteiger partial charge in [0.2, 0.25) is 15.9 Å². The van der Waals surface area contributed by atoms with Crippen LogP contribution in [0.4, 0.5) is 5.69 Å². The maximum atomic E-state index is 12.8. The first kappa shape index (κ1) is 15.5. The Labute approximate surface area is 130 Å². The number of carbonyl (C=O) groups excluding carboxylic acids is 1. The van der Waals surface area contributed by atoms with Gasteiger partial charge in [-0.2, -0.15) is 4.31 Å². The minimum atomic E-state index is -3.49. The van der Waals surface area contributed by atoms with E-state index in [0.717, 1.165) is 17.7 Å². The first-order valence-electron chi connectivity index (χ1n) is 7.64. The van der Waals surface area contributed by atoms with Gasteiger partial charge in [0, 0.05) is 37.8 Å². The molecule has 0 bridgehead atoms. The van der Waals surface area contributed by atoms with Crippen LogP contribution in [0.1, 0.15) is 25.3 Å². The van der Waals surface area contributed by atoms with E-state index < -0.39 is 10.0 Å². The third-order valence-corrected chi connectivity index (χ3v) is 6.26. The molecule has 1 unspecified atom stereocenters. The van der Waals surface area contributed by atoms with Crippen LogP contribution < -0.4 is 10.6 Å². The molecule has 2 aliphatic rings. The van der Waals surface area contributed by atoms with Gasteiger partial charge in [0.15, 0.2) is 0 Å². The standard InChI is InChI=1S/C15H21N3O3S/c1-11-10-16-7-8-18(11)22(20,21)13-5-6-14-12(9-13)3-2-4-15(19)17-14/h5-6,9,11,16H,2-4,7-8,10H2,1H3,(H,17,19). The Hall–Kier alpha value is -1.44. The van der Waals surface area contributed by atoms with Gasteiger partial charge in [0.1, 0.15) is 0 Å². The molecule has 3 rings (SSSR count). The van der Waals surface area contributed by atoms with Gasteiger partial charge in [-0.3, -0.25) is 4.79 Å². The maximum Gasteiger partial charge on any atom is 0.243 e. The number of hydrogen-bond acceptors (Lipinski definition) is 4. The second-order valence-electron chi connectivity index (χ2n) is 5.89. The van der Waals surface area contributed by atoms with Gasteiger partial charge in [0.05, 0.1) is 4.90 Å². The van der Waals surface area contributed by atoms with Crippen molar-refractivity contribution in [3.63, 3.8) is 0 Å². The van der Waals surface area contributed by atoms with Crippen LogP contribution in [0, 0.1) is 0 Å². The van der Waals surface area contributed by atoms with Crippen molar-refractivity contribution in [3.05, 3.63) is 23.8 Å². The predicted octanol–water partition coefficient (Wildman–Crippen LogP) is 0.944. The van der Waals surface area contributed by atoms with Crippen LogP contribution >= 0.6 is 0 Å². The van der Waals surface area contributed by atoms with Crippen molar-refractivity contribution in [2.24, 2.45) is 0 Å². The van der Waals surface area contributed by atoms with Crippen molar-refractivity contribution >= 4 is 21.6 Å². The zero-order chi connectivity index (χ0) is 15.7. The Balaban J connectivity index is 1.94. The highest BCUT2D eigenvalue weighted by molar-refractivity contribution is 7.89. The Morgan fingerprint density at radius 2 is 2.09 bits per heavy atom. The van der Waals surface area contributed by atoms with E-state index in [1.807, 2.05) is 6.92 Å². The topological polar surface area (TPSA) is 78.5 Å². The van der Waals surface area contributed by atoms with Crippen LogP contribution in [0.25, 0.3) is 0 Å². The number of anilines is 1. The number of aryl methyl sites for hydroxylation is 1. The van der Waals surface area contributed by atoms with Gasteiger partial charge in [-0.15, -0.1) is 0 Å². The molecule has 1 amide bonds. The molecule has 6 nitrogen and oxygen atoms in total. The third-order valence-electron chi connectivity index (χ3n) is 4.25. The summed E-state index contributed by atoms with van der Waals surface area (Å²) in [7, 11) is -3.49. The van der Waals surface area contributed by atoms with Crippen LogP contribution in [0.15, 0.2) is 23.1 Å². The Morgan fingerprint density at radius 1 is 1.27 bits per heavy atom. The minimum Gasteiger partial charge on any atom is -0.326 e. The average molecular weight is 323 g/mol. The number of amides is 1. The lowest BCUT2D eigenvalue weighted by atomic mass is 10.1. The molecule has 1 aromatic rings. The van der Waals surface area contributed by atoms with Crippen LogP contribution in [-0.2, 0) is 21.2 Å². The first-order valence-corrected chi connectivity index (χ1v) is 9.08. The van der Waals surface area contributed by atoms with Crippen molar-refractivity contribution in [1.82, 2.24) is 9.62 Å². The fourth-order valence-electron chi connectivity index (χ4n) is 3.03. The molecule has 1 aromatic carbocycles. The van der Waals surface area contributed by atoms with E-state index in [1.165, 1.54) is 0 Å². The van der Waals surface area contributed by atoms with E-state index in [4.69, 9.17) is 0 Å². The van der Waals surface area contributed by atoms with Gasteiger partial charge in [0.25, 0.3) is 0 Å². The predicted molar refractivity (Wildman–Crippen MR) is 84.2 cm³/mol. The Morgan fingerprint density at radius 3 is 2.86 bits per heavy atom. The minimum absolute atomic E-state index is 0.00918. The van der Waals surface area contributed by atoms with Gasteiger partial charge < -0.3 is 10.6 Å². The van der Waals surface area contributed by atoms with E-state index in [0.29, 0.717) is 37.4 Å². The molecule has 2 heterocycles. The lowest BCUT2D eigenvalue weighted by molar-refractivity contribution is -0.116. The molecule has 0 aliphatic carbocycles. The Kier molecular flexibility index (Phi) is 4.20. The van der Waals surface area contributed by atoms with Crippen molar-refractivity contribution in [2.45, 2.75) is 37.1 Å². The second kappa shape index (κ2) is 5.98. The van der Waals surface area contributed by atoms with E-state index in [1.54, 1.807) is 22.5 Å². The molecule has 22 heavy (non-hydrogen) atoms. The summed E-state index contributed by atoms with van der Waals surface area (Å²) in [5.74, 6) is -0.00918. The number of nitrogens with one attached hydrogen (secondary N) is 2. The zero-order valence-electron chi connectivity index (χ0n) is 12.6. The molecule has 7 heteroatoms. The number of nitrogens with zero attached hydrogens (tertiary/aromatic N) is 1. The summed E-state index contributed by atoms with van der Waals surface area (Å²) in [6.45, 7) is 3.73. The highest BCUT2D eigenvalue weighted by Crippen LogP contribution is 2.27. The smallest absolute Gasteiger partial charge is 0.243 e. The van der Waals surface area contributed by atoms with Crippen molar-refractivity contribution < 1.29 is 13.2 Å². The molecule has 1 fully saturated rings. The molecule has 0 aromatic heterocycles. The number of benzene rings is 1. The fourth-order valence-corrected chi connectivity index (χ4v) is 4.71.